The highest BCUT2D eigenvalue weighted by Gasteiger charge is 2.22. The maximum absolute atomic E-state index is 6.66. The SMILES string of the molecule is C1=Cc2c(c(-c3cc(-c4ccccc4)cc(-c4ccc5ccccc5c4)n3)cc3oc4cc(-c5ccccc5)ccc4c23)CC1. The van der Waals surface area contributed by atoms with Gasteiger partial charge in [0.1, 0.15) is 11.2 Å². The molecule has 0 fully saturated rings. The third-order valence-corrected chi connectivity index (χ3v) is 9.12. The Morgan fingerprint density at radius 2 is 1.22 bits per heavy atom. The van der Waals surface area contributed by atoms with Gasteiger partial charge in [-0.3, -0.25) is 0 Å². The van der Waals surface area contributed by atoms with E-state index < -0.39 is 0 Å². The zero-order valence-corrected chi connectivity index (χ0v) is 24.7. The maximum atomic E-state index is 6.66. The lowest BCUT2D eigenvalue weighted by molar-refractivity contribution is 0.669. The van der Waals surface area contributed by atoms with Crippen molar-refractivity contribution in [3.05, 3.63) is 157 Å². The van der Waals surface area contributed by atoms with Gasteiger partial charge in [-0.15, -0.1) is 0 Å². The van der Waals surface area contributed by atoms with Gasteiger partial charge < -0.3 is 4.42 Å². The second-order valence-corrected chi connectivity index (χ2v) is 11.9. The summed E-state index contributed by atoms with van der Waals surface area (Å²) in [4.78, 5) is 5.36. The Labute approximate surface area is 261 Å². The van der Waals surface area contributed by atoms with E-state index in [1.165, 1.54) is 38.4 Å². The molecule has 6 aromatic carbocycles. The van der Waals surface area contributed by atoms with Crippen molar-refractivity contribution in [1.82, 2.24) is 4.98 Å². The first-order chi connectivity index (χ1) is 22.3. The van der Waals surface area contributed by atoms with E-state index in [0.717, 1.165) is 63.0 Å². The van der Waals surface area contributed by atoms with Gasteiger partial charge in [0, 0.05) is 21.9 Å². The summed E-state index contributed by atoms with van der Waals surface area (Å²) in [5.74, 6) is 0. The number of nitrogens with zero attached hydrogens (tertiary/aromatic N) is 1. The zero-order chi connectivity index (χ0) is 29.7. The van der Waals surface area contributed by atoms with Gasteiger partial charge in [0.15, 0.2) is 0 Å². The predicted molar refractivity (Wildman–Crippen MR) is 188 cm³/mol. The Morgan fingerprint density at radius 1 is 0.511 bits per heavy atom. The molecule has 1 aliphatic rings. The van der Waals surface area contributed by atoms with Crippen LogP contribution >= 0.6 is 0 Å². The molecule has 2 heterocycles. The molecular formula is C43H29NO. The number of rotatable bonds is 4. The van der Waals surface area contributed by atoms with Crippen LogP contribution in [-0.2, 0) is 6.42 Å². The summed E-state index contributed by atoms with van der Waals surface area (Å²) in [7, 11) is 0. The molecule has 1 aliphatic carbocycles. The van der Waals surface area contributed by atoms with E-state index in [1.807, 2.05) is 0 Å². The summed E-state index contributed by atoms with van der Waals surface area (Å²) >= 11 is 0. The highest BCUT2D eigenvalue weighted by atomic mass is 16.3. The fourth-order valence-electron chi connectivity index (χ4n) is 6.89. The topological polar surface area (TPSA) is 26.0 Å². The molecular weight excluding hydrogens is 546 g/mol. The van der Waals surface area contributed by atoms with Crippen LogP contribution in [0.5, 0.6) is 0 Å². The quantitative estimate of drug-likeness (QED) is 0.209. The van der Waals surface area contributed by atoms with E-state index in [0.29, 0.717) is 0 Å². The molecule has 0 aliphatic heterocycles. The van der Waals surface area contributed by atoms with Crippen molar-refractivity contribution in [2.24, 2.45) is 0 Å². The minimum atomic E-state index is 0.898. The Kier molecular flexibility index (Phi) is 5.99. The van der Waals surface area contributed by atoms with E-state index >= 15 is 0 Å². The highest BCUT2D eigenvalue weighted by molar-refractivity contribution is 6.12. The zero-order valence-electron chi connectivity index (χ0n) is 24.7. The lowest BCUT2D eigenvalue weighted by Gasteiger charge is -2.18. The van der Waals surface area contributed by atoms with Crippen molar-refractivity contribution >= 4 is 38.8 Å². The molecule has 9 rings (SSSR count). The molecule has 212 valence electrons. The molecule has 0 saturated carbocycles. The molecule has 0 N–H and O–H groups in total. The first-order valence-electron chi connectivity index (χ1n) is 15.6. The molecule has 0 unspecified atom stereocenters. The normalized spacial score (nSPS) is 12.6. The summed E-state index contributed by atoms with van der Waals surface area (Å²) in [6.45, 7) is 0. The van der Waals surface area contributed by atoms with E-state index in [9.17, 15) is 0 Å². The number of furan rings is 1. The van der Waals surface area contributed by atoms with Crippen molar-refractivity contribution in [3.63, 3.8) is 0 Å². The molecule has 0 saturated heterocycles. The van der Waals surface area contributed by atoms with Crippen LogP contribution in [-0.4, -0.2) is 4.98 Å². The first kappa shape index (κ1) is 25.7. The van der Waals surface area contributed by atoms with Crippen LogP contribution in [0.15, 0.2) is 150 Å². The summed E-state index contributed by atoms with van der Waals surface area (Å²) < 4.78 is 6.66. The standard InChI is InChI=1S/C43H29NO/c1-3-11-28(12-4-1)32-21-22-37-41(26-32)45-42-27-38(35-17-9-10-18-36(35)43(37)42)40-25-34(29-13-5-2-6-14-29)24-39(44-40)33-20-19-30-15-7-8-16-31(30)23-33/h1-8,10-16,18-27H,9,17H2. The number of fused-ring (bicyclic) bond motifs is 6. The smallest absolute Gasteiger partial charge is 0.136 e. The van der Waals surface area contributed by atoms with Gasteiger partial charge in [0.25, 0.3) is 0 Å². The van der Waals surface area contributed by atoms with Crippen LogP contribution in [0.1, 0.15) is 17.5 Å². The molecule has 0 radical (unpaired) electrons. The lowest BCUT2D eigenvalue weighted by Crippen LogP contribution is -2.00. The fraction of sp³-hybridized carbons (Fsp3) is 0.0465. The van der Waals surface area contributed by atoms with Crippen molar-refractivity contribution in [1.29, 1.82) is 0 Å². The third kappa shape index (κ3) is 4.46. The molecule has 0 amide bonds. The van der Waals surface area contributed by atoms with Crippen LogP contribution in [0.2, 0.25) is 0 Å². The number of allylic oxidation sites excluding steroid dienone is 1. The number of benzene rings is 6. The Morgan fingerprint density at radius 3 is 2.04 bits per heavy atom. The van der Waals surface area contributed by atoms with Crippen molar-refractivity contribution in [2.75, 3.05) is 0 Å². The van der Waals surface area contributed by atoms with Crippen LogP contribution in [0.25, 0.3) is 83.6 Å². The predicted octanol–water partition coefficient (Wildman–Crippen LogP) is 11.8. The first-order valence-corrected chi connectivity index (χ1v) is 15.6. The molecule has 8 aromatic rings. The Bertz CT molecular complexity index is 2420. The second-order valence-electron chi connectivity index (χ2n) is 11.9. The van der Waals surface area contributed by atoms with Gasteiger partial charge in [-0.05, 0) is 93.4 Å². The molecule has 2 nitrogen and oxygen atoms in total. The third-order valence-electron chi connectivity index (χ3n) is 9.12. The number of aromatic nitrogens is 1. The van der Waals surface area contributed by atoms with Crippen LogP contribution < -0.4 is 0 Å². The van der Waals surface area contributed by atoms with Gasteiger partial charge in [-0.25, -0.2) is 4.98 Å². The molecule has 45 heavy (non-hydrogen) atoms. The highest BCUT2D eigenvalue weighted by Crippen LogP contribution is 2.43. The van der Waals surface area contributed by atoms with Gasteiger partial charge in [0.2, 0.25) is 0 Å². The van der Waals surface area contributed by atoms with Crippen LogP contribution in [0.4, 0.5) is 0 Å². The van der Waals surface area contributed by atoms with E-state index in [1.54, 1.807) is 0 Å². The number of pyridine rings is 1. The Hall–Kier alpha value is -5.73. The fourth-order valence-corrected chi connectivity index (χ4v) is 6.89. The van der Waals surface area contributed by atoms with Gasteiger partial charge in [-0.1, -0.05) is 115 Å². The Balaban J connectivity index is 1.28. The van der Waals surface area contributed by atoms with E-state index in [4.69, 9.17) is 9.40 Å². The summed E-state index contributed by atoms with van der Waals surface area (Å²) in [5, 5.41) is 4.78. The minimum absolute atomic E-state index is 0.898. The average Bonchev–Trinajstić information content (AvgIpc) is 3.50. The number of hydrogen-bond acceptors (Lipinski definition) is 2. The lowest BCUT2D eigenvalue weighted by atomic mass is 9.87. The van der Waals surface area contributed by atoms with Gasteiger partial charge in [0.05, 0.1) is 11.4 Å². The molecule has 0 bridgehead atoms. The van der Waals surface area contributed by atoms with Crippen LogP contribution in [0, 0.1) is 0 Å². The molecule has 2 heteroatoms. The summed E-state index contributed by atoms with van der Waals surface area (Å²) in [5.41, 5.74) is 13.3. The van der Waals surface area contributed by atoms with Gasteiger partial charge in [-0.2, -0.15) is 0 Å². The largest absolute Gasteiger partial charge is 0.456 e. The van der Waals surface area contributed by atoms with Gasteiger partial charge >= 0.3 is 0 Å². The number of hydrogen-bond donors (Lipinski definition) is 0. The van der Waals surface area contributed by atoms with Crippen LogP contribution in [0.3, 0.4) is 0 Å². The minimum Gasteiger partial charge on any atom is -0.456 e. The maximum Gasteiger partial charge on any atom is 0.136 e. The average molecular weight is 576 g/mol. The van der Waals surface area contributed by atoms with Crippen molar-refractivity contribution in [3.8, 4) is 44.8 Å². The van der Waals surface area contributed by atoms with Crippen molar-refractivity contribution < 1.29 is 4.42 Å². The molecule has 2 aromatic heterocycles. The van der Waals surface area contributed by atoms with E-state index in [2.05, 4.69) is 152 Å². The summed E-state index contributed by atoms with van der Waals surface area (Å²) in [6.07, 6.45) is 6.55. The second kappa shape index (κ2) is 10.5. The van der Waals surface area contributed by atoms with Crippen molar-refractivity contribution in [2.45, 2.75) is 12.8 Å². The molecule has 0 spiro atoms. The molecule has 0 atom stereocenters. The monoisotopic (exact) mass is 575 g/mol. The summed E-state index contributed by atoms with van der Waals surface area (Å²) in [6, 6.07) is 49.6. The van der Waals surface area contributed by atoms with E-state index in [-0.39, 0.29) is 0 Å².